The van der Waals surface area contributed by atoms with Crippen molar-refractivity contribution in [2.24, 2.45) is 0 Å². The van der Waals surface area contributed by atoms with Gasteiger partial charge in [0.25, 0.3) is 0 Å². The molecule has 0 spiro atoms. The fourth-order valence-electron chi connectivity index (χ4n) is 1.47. The molecule has 0 saturated heterocycles. The Morgan fingerprint density at radius 3 is 2.89 bits per heavy atom. The van der Waals surface area contributed by atoms with E-state index in [4.69, 9.17) is 5.11 Å². The van der Waals surface area contributed by atoms with Crippen LogP contribution in [0.2, 0.25) is 0 Å². The van der Waals surface area contributed by atoms with Crippen LogP contribution in [0.1, 0.15) is 15.9 Å². The number of carboxylic acid groups (broad SMARTS) is 1. The Labute approximate surface area is 122 Å². The lowest BCUT2D eigenvalue weighted by Gasteiger charge is -2.06. The zero-order valence-electron chi connectivity index (χ0n) is 9.64. The first kappa shape index (κ1) is 14.0. The van der Waals surface area contributed by atoms with E-state index in [0.717, 1.165) is 0 Å². The van der Waals surface area contributed by atoms with E-state index < -0.39 is 5.97 Å². The van der Waals surface area contributed by atoms with Gasteiger partial charge in [0, 0.05) is 11.9 Å². The predicted molar refractivity (Wildman–Crippen MR) is 74.9 cm³/mol. The van der Waals surface area contributed by atoms with Gasteiger partial charge < -0.3 is 5.11 Å². The fourth-order valence-corrected chi connectivity index (χ4v) is 2.84. The number of carboxylic acids is 1. The predicted octanol–water partition coefficient (Wildman–Crippen LogP) is 3.97. The van der Waals surface area contributed by atoms with Crippen molar-refractivity contribution >= 4 is 33.7 Å². The van der Waals surface area contributed by atoms with Crippen molar-refractivity contribution < 1.29 is 14.3 Å². The number of halogens is 2. The highest BCUT2D eigenvalue weighted by molar-refractivity contribution is 9.10. The molecule has 6 heteroatoms. The Morgan fingerprint density at radius 1 is 1.37 bits per heavy atom. The van der Waals surface area contributed by atoms with Gasteiger partial charge in [-0.25, -0.2) is 14.2 Å². The maximum Gasteiger partial charge on any atom is 0.338 e. The molecule has 0 saturated carbocycles. The normalized spacial score (nSPS) is 10.4. The SMILES string of the molecule is O=C(O)c1cccnc1SCc1cccc(Br)c1F. The standard InChI is InChI=1S/C13H9BrFNO2S/c14-10-5-1-3-8(11(10)15)7-19-12-9(13(17)18)4-2-6-16-12/h1-6H,7H2,(H,17,18). The van der Waals surface area contributed by atoms with Gasteiger partial charge in [-0.15, -0.1) is 11.8 Å². The van der Waals surface area contributed by atoms with Crippen LogP contribution in [-0.2, 0) is 5.75 Å². The second kappa shape index (κ2) is 6.16. The summed E-state index contributed by atoms with van der Waals surface area (Å²) in [7, 11) is 0. The highest BCUT2D eigenvalue weighted by atomic mass is 79.9. The van der Waals surface area contributed by atoms with Gasteiger partial charge in [0.2, 0.25) is 0 Å². The van der Waals surface area contributed by atoms with Crippen molar-refractivity contribution in [3.8, 4) is 0 Å². The Bertz CT molecular complexity index is 621. The van der Waals surface area contributed by atoms with Gasteiger partial charge in [-0.1, -0.05) is 12.1 Å². The van der Waals surface area contributed by atoms with E-state index in [-0.39, 0.29) is 11.4 Å². The average Bonchev–Trinajstić information content (AvgIpc) is 2.40. The van der Waals surface area contributed by atoms with Gasteiger partial charge in [-0.05, 0) is 39.7 Å². The van der Waals surface area contributed by atoms with Gasteiger partial charge in [-0.3, -0.25) is 0 Å². The van der Waals surface area contributed by atoms with Crippen LogP contribution in [0, 0.1) is 5.82 Å². The molecule has 1 heterocycles. The second-order valence-electron chi connectivity index (χ2n) is 3.66. The van der Waals surface area contributed by atoms with E-state index in [2.05, 4.69) is 20.9 Å². The summed E-state index contributed by atoms with van der Waals surface area (Å²) < 4.78 is 14.2. The van der Waals surface area contributed by atoms with E-state index in [1.807, 2.05) is 0 Å². The molecule has 1 aromatic carbocycles. The smallest absolute Gasteiger partial charge is 0.338 e. The van der Waals surface area contributed by atoms with Gasteiger partial charge >= 0.3 is 5.97 Å². The van der Waals surface area contributed by atoms with Crippen molar-refractivity contribution in [3.63, 3.8) is 0 Å². The second-order valence-corrected chi connectivity index (χ2v) is 5.48. The molecule has 1 N–H and O–H groups in total. The van der Waals surface area contributed by atoms with Crippen LogP contribution >= 0.6 is 27.7 Å². The molecule has 0 amide bonds. The zero-order chi connectivity index (χ0) is 13.8. The number of thioether (sulfide) groups is 1. The summed E-state index contributed by atoms with van der Waals surface area (Å²) in [6.07, 6.45) is 1.52. The fraction of sp³-hybridized carbons (Fsp3) is 0.0769. The Morgan fingerprint density at radius 2 is 2.16 bits per heavy atom. The van der Waals surface area contributed by atoms with Crippen molar-refractivity contribution in [3.05, 3.63) is 57.9 Å². The van der Waals surface area contributed by atoms with E-state index in [1.165, 1.54) is 24.0 Å². The zero-order valence-corrected chi connectivity index (χ0v) is 12.0. The highest BCUT2D eigenvalue weighted by Gasteiger charge is 2.12. The maximum absolute atomic E-state index is 13.8. The van der Waals surface area contributed by atoms with E-state index in [0.29, 0.717) is 20.8 Å². The van der Waals surface area contributed by atoms with Crippen molar-refractivity contribution in [2.75, 3.05) is 0 Å². The highest BCUT2D eigenvalue weighted by Crippen LogP contribution is 2.27. The van der Waals surface area contributed by atoms with Crippen molar-refractivity contribution in [1.29, 1.82) is 0 Å². The molecule has 2 rings (SSSR count). The summed E-state index contributed by atoms with van der Waals surface area (Å²) in [6.45, 7) is 0. The van der Waals surface area contributed by atoms with Crippen LogP contribution in [0.3, 0.4) is 0 Å². The molecule has 0 bridgehead atoms. The van der Waals surface area contributed by atoms with Gasteiger partial charge in [0.1, 0.15) is 10.8 Å². The summed E-state index contributed by atoms with van der Waals surface area (Å²) in [5.74, 6) is -1.05. The number of carbonyl (C=O) groups is 1. The van der Waals surface area contributed by atoms with Crippen molar-refractivity contribution in [2.45, 2.75) is 10.8 Å². The maximum atomic E-state index is 13.8. The quantitative estimate of drug-likeness (QED) is 0.854. The number of nitrogens with zero attached hydrogens (tertiary/aromatic N) is 1. The topological polar surface area (TPSA) is 50.2 Å². The Balaban J connectivity index is 2.19. The number of aromatic nitrogens is 1. The summed E-state index contributed by atoms with van der Waals surface area (Å²) in [5, 5.41) is 9.41. The number of hydrogen-bond donors (Lipinski definition) is 1. The molecule has 0 unspecified atom stereocenters. The molecule has 0 radical (unpaired) electrons. The van der Waals surface area contributed by atoms with Crippen LogP contribution in [0.15, 0.2) is 46.0 Å². The third kappa shape index (κ3) is 3.33. The molecule has 98 valence electrons. The van der Waals surface area contributed by atoms with Crippen LogP contribution in [0.25, 0.3) is 0 Å². The molecule has 1 aromatic heterocycles. The van der Waals surface area contributed by atoms with Crippen LogP contribution in [0.4, 0.5) is 4.39 Å². The molecule has 0 fully saturated rings. The Kier molecular flexibility index (Phi) is 4.55. The number of pyridine rings is 1. The minimum Gasteiger partial charge on any atom is -0.478 e. The average molecular weight is 342 g/mol. The monoisotopic (exact) mass is 341 g/mol. The van der Waals surface area contributed by atoms with E-state index >= 15 is 0 Å². The van der Waals surface area contributed by atoms with Crippen LogP contribution in [0.5, 0.6) is 0 Å². The third-order valence-electron chi connectivity index (χ3n) is 2.40. The molecule has 2 aromatic rings. The van der Waals surface area contributed by atoms with Crippen LogP contribution in [-0.4, -0.2) is 16.1 Å². The molecule has 19 heavy (non-hydrogen) atoms. The first-order valence-corrected chi connectivity index (χ1v) is 7.11. The molecule has 0 aliphatic carbocycles. The first-order chi connectivity index (χ1) is 9.09. The number of rotatable bonds is 4. The largest absolute Gasteiger partial charge is 0.478 e. The van der Waals surface area contributed by atoms with E-state index in [1.54, 1.807) is 24.3 Å². The summed E-state index contributed by atoms with van der Waals surface area (Å²) in [4.78, 5) is 15.0. The number of hydrogen-bond acceptors (Lipinski definition) is 3. The summed E-state index contributed by atoms with van der Waals surface area (Å²) in [5.41, 5.74) is 0.629. The molecular formula is C13H9BrFNO2S. The van der Waals surface area contributed by atoms with Gasteiger partial charge in [-0.2, -0.15) is 0 Å². The minimum atomic E-state index is -1.04. The number of benzene rings is 1. The molecule has 0 aliphatic rings. The lowest BCUT2D eigenvalue weighted by molar-refractivity contribution is 0.0692. The third-order valence-corrected chi connectivity index (χ3v) is 4.06. The molecular weight excluding hydrogens is 333 g/mol. The van der Waals surface area contributed by atoms with E-state index in [9.17, 15) is 9.18 Å². The van der Waals surface area contributed by atoms with Gasteiger partial charge in [0.15, 0.2) is 0 Å². The Hall–Kier alpha value is -1.40. The first-order valence-electron chi connectivity index (χ1n) is 5.33. The molecule has 0 atom stereocenters. The lowest BCUT2D eigenvalue weighted by atomic mass is 10.2. The minimum absolute atomic E-state index is 0.128. The van der Waals surface area contributed by atoms with Gasteiger partial charge in [0.05, 0.1) is 10.0 Å². The lowest BCUT2D eigenvalue weighted by Crippen LogP contribution is -2.00. The molecule has 3 nitrogen and oxygen atoms in total. The van der Waals surface area contributed by atoms with Crippen molar-refractivity contribution in [1.82, 2.24) is 4.98 Å². The summed E-state index contributed by atoms with van der Waals surface area (Å²) >= 11 is 4.31. The van der Waals surface area contributed by atoms with Crippen LogP contribution < -0.4 is 0 Å². The summed E-state index contributed by atoms with van der Waals surface area (Å²) in [6, 6.07) is 8.06. The number of aromatic carboxylic acids is 1. The molecule has 0 aliphatic heterocycles.